The Bertz CT molecular complexity index is 899. The Kier molecular flexibility index (Phi) is 7.65. The van der Waals surface area contributed by atoms with Gasteiger partial charge in [-0.15, -0.1) is 0 Å². The summed E-state index contributed by atoms with van der Waals surface area (Å²) in [6.07, 6.45) is -12.3. The molecule has 34 heavy (non-hydrogen) atoms. The lowest BCUT2D eigenvalue weighted by atomic mass is 9.93. The first-order valence-electron chi connectivity index (χ1n) is 8.08. The van der Waals surface area contributed by atoms with Gasteiger partial charge in [0.1, 0.15) is 12.4 Å². The fraction of sp³-hybridized carbons (Fsp3) is 0.533. The van der Waals surface area contributed by atoms with Gasteiger partial charge in [-0.1, -0.05) is 0 Å². The van der Waals surface area contributed by atoms with E-state index in [2.05, 4.69) is 9.47 Å². The van der Waals surface area contributed by atoms with E-state index in [0.29, 0.717) is 0 Å². The minimum absolute atomic E-state index is 0.503. The summed E-state index contributed by atoms with van der Waals surface area (Å²) < 4.78 is 176. The van der Waals surface area contributed by atoms with E-state index in [9.17, 15) is 72.0 Å². The van der Waals surface area contributed by atoms with Crippen LogP contribution in [-0.2, 0) is 4.74 Å². The zero-order valence-electron chi connectivity index (χ0n) is 15.6. The minimum atomic E-state index is -8.03. The van der Waals surface area contributed by atoms with Crippen LogP contribution in [0.3, 0.4) is 0 Å². The number of nitro groups is 1. The van der Waals surface area contributed by atoms with Gasteiger partial charge in [-0.3, -0.25) is 10.1 Å². The third kappa shape index (κ3) is 5.06. The number of alkyl halides is 13. The van der Waals surface area contributed by atoms with Crippen LogP contribution in [-0.4, -0.2) is 53.5 Å². The number of carbonyl (C=O) groups is 1. The van der Waals surface area contributed by atoms with Crippen LogP contribution in [0.4, 0.5) is 67.6 Å². The lowest BCUT2D eigenvalue weighted by Gasteiger charge is -2.39. The zero-order valence-corrected chi connectivity index (χ0v) is 15.6. The maximum atomic E-state index is 13.5. The number of nitrogens with zero attached hydrogens (tertiary/aromatic N) is 1. The van der Waals surface area contributed by atoms with E-state index in [4.69, 9.17) is 0 Å². The normalized spacial score (nSPS) is 14.0. The molecule has 0 saturated heterocycles. The summed E-state index contributed by atoms with van der Waals surface area (Å²) in [7, 11) is 0. The van der Waals surface area contributed by atoms with Crippen molar-refractivity contribution in [2.75, 3.05) is 6.61 Å². The number of ether oxygens (including phenoxy) is 2. The lowest BCUT2D eigenvalue weighted by molar-refractivity contribution is -0.440. The average molecular weight is 529 g/mol. The molecule has 194 valence electrons. The molecule has 0 aliphatic heterocycles. The van der Waals surface area contributed by atoms with E-state index in [1.807, 2.05) is 0 Å². The van der Waals surface area contributed by atoms with Crippen LogP contribution >= 0.6 is 0 Å². The highest BCUT2D eigenvalue weighted by atomic mass is 19.4. The van der Waals surface area contributed by atoms with Crippen molar-refractivity contribution in [2.24, 2.45) is 0 Å². The van der Waals surface area contributed by atoms with Gasteiger partial charge in [0.05, 0.1) is 11.3 Å². The molecule has 1 aromatic carbocycles. The number of halogens is 13. The molecule has 19 heteroatoms. The number of rotatable bonds is 9. The molecule has 0 fully saturated rings. The minimum Gasteiger partial charge on any atom is -0.434 e. The number of nitro benzene ring substituents is 1. The Labute approximate surface area is 178 Å². The Hall–Kier alpha value is -3.02. The molecule has 0 N–H and O–H groups in total. The predicted octanol–water partition coefficient (Wildman–Crippen LogP) is 6.24. The highest BCUT2D eigenvalue weighted by molar-refractivity contribution is 5.63. The number of hydrogen-bond acceptors (Lipinski definition) is 5. The van der Waals surface area contributed by atoms with Gasteiger partial charge in [0.15, 0.2) is 0 Å². The van der Waals surface area contributed by atoms with Gasteiger partial charge in [0.2, 0.25) is 0 Å². The second-order valence-electron chi connectivity index (χ2n) is 6.20. The van der Waals surface area contributed by atoms with Gasteiger partial charge in [0, 0.05) is 12.1 Å². The van der Waals surface area contributed by atoms with Crippen molar-refractivity contribution in [3.8, 4) is 5.75 Å². The maximum absolute atomic E-state index is 13.5. The fourth-order valence-corrected chi connectivity index (χ4v) is 1.98. The first-order valence-corrected chi connectivity index (χ1v) is 8.08. The monoisotopic (exact) mass is 529 g/mol. The largest absolute Gasteiger partial charge is 0.513 e. The summed E-state index contributed by atoms with van der Waals surface area (Å²) in [6, 6.07) is 3.09. The van der Waals surface area contributed by atoms with Crippen LogP contribution in [0.15, 0.2) is 24.3 Å². The van der Waals surface area contributed by atoms with Crippen molar-refractivity contribution in [3.05, 3.63) is 34.4 Å². The van der Waals surface area contributed by atoms with Crippen LogP contribution < -0.4 is 4.74 Å². The fourth-order valence-electron chi connectivity index (χ4n) is 1.98. The Morgan fingerprint density at radius 3 is 1.62 bits per heavy atom. The molecular formula is C15H8F13NO5. The first-order chi connectivity index (χ1) is 15.0. The van der Waals surface area contributed by atoms with Gasteiger partial charge in [0.25, 0.3) is 5.69 Å². The molecule has 0 amide bonds. The number of hydrogen-bond donors (Lipinski definition) is 0. The molecule has 0 unspecified atom stereocenters. The predicted molar refractivity (Wildman–Crippen MR) is 80.5 cm³/mol. The van der Waals surface area contributed by atoms with Gasteiger partial charge < -0.3 is 9.47 Å². The van der Waals surface area contributed by atoms with E-state index in [1.165, 1.54) is 0 Å². The molecule has 0 aromatic heterocycles. The standard InChI is InChI=1S/C15H8F13NO5/c16-10(17,5-6-33-9(30)34-8-3-1-7(2-4-8)29(31)32)11(18,19)12(20,21)13(22,23)14(24,25)15(26,27)28/h1-4H,5-6H2. The summed E-state index contributed by atoms with van der Waals surface area (Å²) in [6.45, 7) is -1.99. The van der Waals surface area contributed by atoms with E-state index < -0.39 is 71.3 Å². The van der Waals surface area contributed by atoms with Crippen LogP contribution in [0.25, 0.3) is 0 Å². The van der Waals surface area contributed by atoms with Gasteiger partial charge >= 0.3 is 41.9 Å². The lowest BCUT2D eigenvalue weighted by Crippen LogP contribution is -2.70. The van der Waals surface area contributed by atoms with Crippen molar-refractivity contribution >= 4 is 11.8 Å². The second kappa shape index (κ2) is 8.97. The quantitative estimate of drug-likeness (QED) is 0.125. The molecule has 6 nitrogen and oxygen atoms in total. The first kappa shape index (κ1) is 29.0. The number of carbonyl (C=O) groups excluding carboxylic acids is 1. The van der Waals surface area contributed by atoms with Crippen LogP contribution in [0.2, 0.25) is 0 Å². The highest BCUT2D eigenvalue weighted by Gasteiger charge is 2.90. The third-order valence-corrected chi connectivity index (χ3v) is 3.88. The molecule has 0 aliphatic carbocycles. The summed E-state index contributed by atoms with van der Waals surface area (Å²) >= 11 is 0. The molecule has 0 saturated carbocycles. The molecule has 0 aliphatic rings. The van der Waals surface area contributed by atoms with E-state index in [-0.39, 0.29) is 0 Å². The van der Waals surface area contributed by atoms with E-state index in [0.717, 1.165) is 24.3 Å². The smallest absolute Gasteiger partial charge is 0.434 e. The van der Waals surface area contributed by atoms with E-state index in [1.54, 1.807) is 0 Å². The third-order valence-electron chi connectivity index (χ3n) is 3.88. The molecule has 0 heterocycles. The molecule has 0 atom stereocenters. The molecule has 1 aromatic rings. The van der Waals surface area contributed by atoms with Crippen LogP contribution in [0.5, 0.6) is 5.75 Å². The van der Waals surface area contributed by atoms with Crippen LogP contribution in [0, 0.1) is 10.1 Å². The van der Waals surface area contributed by atoms with Crippen molar-refractivity contribution in [1.82, 2.24) is 0 Å². The van der Waals surface area contributed by atoms with Gasteiger partial charge in [-0.05, 0) is 12.1 Å². The summed E-state index contributed by atoms with van der Waals surface area (Å²) in [5.74, 6) is -38.2. The molecule has 0 spiro atoms. The van der Waals surface area contributed by atoms with Crippen molar-refractivity contribution < 1.29 is 76.3 Å². The second-order valence-corrected chi connectivity index (χ2v) is 6.20. The highest BCUT2D eigenvalue weighted by Crippen LogP contribution is 2.60. The Morgan fingerprint density at radius 1 is 0.765 bits per heavy atom. The summed E-state index contributed by atoms with van der Waals surface area (Å²) in [4.78, 5) is 20.8. The number of non-ortho nitro benzene ring substituents is 1. The van der Waals surface area contributed by atoms with Crippen molar-refractivity contribution in [3.63, 3.8) is 0 Å². The Balaban J connectivity index is 2.93. The van der Waals surface area contributed by atoms with Crippen molar-refractivity contribution in [2.45, 2.75) is 42.2 Å². The summed E-state index contributed by atoms with van der Waals surface area (Å²) in [5.41, 5.74) is -0.503. The Morgan fingerprint density at radius 2 is 1.21 bits per heavy atom. The van der Waals surface area contributed by atoms with Crippen molar-refractivity contribution in [1.29, 1.82) is 0 Å². The maximum Gasteiger partial charge on any atom is 0.513 e. The molecule has 0 radical (unpaired) electrons. The summed E-state index contributed by atoms with van der Waals surface area (Å²) in [5, 5.41) is 10.4. The van der Waals surface area contributed by atoms with Crippen LogP contribution in [0.1, 0.15) is 6.42 Å². The topological polar surface area (TPSA) is 78.7 Å². The number of benzene rings is 1. The average Bonchev–Trinajstić information content (AvgIpc) is 2.66. The molecule has 0 bridgehead atoms. The zero-order chi connectivity index (χ0) is 27.0. The van der Waals surface area contributed by atoms with Gasteiger partial charge in [-0.2, -0.15) is 57.1 Å². The molecular weight excluding hydrogens is 521 g/mol. The van der Waals surface area contributed by atoms with Gasteiger partial charge in [-0.25, -0.2) is 4.79 Å². The molecule has 1 rings (SSSR count). The SMILES string of the molecule is O=C(OCCC(F)(F)C(F)(F)C(F)(F)C(F)(F)C(F)(F)C(F)(F)F)Oc1ccc([N+](=O)[O-])cc1. The van der Waals surface area contributed by atoms with E-state index >= 15 is 0 Å².